The van der Waals surface area contributed by atoms with Crippen LogP contribution in [0.1, 0.15) is 68.2 Å². The lowest BCUT2D eigenvalue weighted by Gasteiger charge is -2.34. The number of hydrogen-bond donors (Lipinski definition) is 0. The molecule has 0 N–H and O–H groups in total. The number of rotatable bonds is 9. The van der Waals surface area contributed by atoms with Gasteiger partial charge in [0, 0.05) is 45.0 Å². The van der Waals surface area contributed by atoms with E-state index >= 15 is 0 Å². The van der Waals surface area contributed by atoms with Crippen molar-refractivity contribution in [3.8, 4) is 0 Å². The predicted octanol–water partition coefficient (Wildman–Crippen LogP) is 4.83. The zero-order chi connectivity index (χ0) is 25.8. The first-order valence-corrected chi connectivity index (χ1v) is 13.8. The van der Waals surface area contributed by atoms with Crippen LogP contribution in [0.5, 0.6) is 0 Å². The maximum atomic E-state index is 14.2. The molecule has 4 rings (SSSR count). The first-order chi connectivity index (χ1) is 17.4. The van der Waals surface area contributed by atoms with Crippen LogP contribution in [0.15, 0.2) is 24.3 Å². The van der Waals surface area contributed by atoms with Gasteiger partial charge in [-0.15, -0.1) is 0 Å². The first kappa shape index (κ1) is 26.4. The third kappa shape index (κ3) is 4.96. The number of unbranched alkanes of at least 4 members (excludes halogenated alkanes) is 2. The van der Waals surface area contributed by atoms with Crippen LogP contribution in [0.4, 0.5) is 17.1 Å². The largest absolute Gasteiger partial charge is 0.339 e. The van der Waals surface area contributed by atoms with E-state index in [1.165, 1.54) is 0 Å². The summed E-state index contributed by atoms with van der Waals surface area (Å²) in [4.78, 5) is 36.7. The first-order valence-electron chi connectivity index (χ1n) is 13.8. The van der Waals surface area contributed by atoms with Gasteiger partial charge in [0.05, 0.1) is 23.6 Å². The number of nitrogens with zero attached hydrogens (tertiary/aromatic N) is 5. The van der Waals surface area contributed by atoms with Crippen LogP contribution in [0, 0.1) is 6.92 Å². The Morgan fingerprint density at radius 2 is 1.61 bits per heavy atom. The van der Waals surface area contributed by atoms with E-state index in [0.29, 0.717) is 18.8 Å². The summed E-state index contributed by atoms with van der Waals surface area (Å²) < 4.78 is 2.21. The molecule has 1 fully saturated rings. The lowest BCUT2D eigenvalue weighted by Crippen LogP contribution is -2.48. The van der Waals surface area contributed by atoms with Gasteiger partial charge in [-0.25, -0.2) is 0 Å². The lowest BCUT2D eigenvalue weighted by atomic mass is 10.1. The fourth-order valence-electron chi connectivity index (χ4n) is 5.56. The molecule has 7 nitrogen and oxygen atoms in total. The van der Waals surface area contributed by atoms with Crippen molar-refractivity contribution in [1.82, 2.24) is 14.4 Å². The molecule has 2 aliphatic rings. The molecule has 0 unspecified atom stereocenters. The number of fused-ring (bicyclic) bond motifs is 2. The third-order valence-corrected chi connectivity index (χ3v) is 7.74. The van der Waals surface area contributed by atoms with Crippen molar-refractivity contribution in [3.05, 3.63) is 41.2 Å². The van der Waals surface area contributed by atoms with Crippen molar-refractivity contribution in [2.75, 3.05) is 56.1 Å². The van der Waals surface area contributed by atoms with E-state index in [4.69, 9.17) is 0 Å². The number of amides is 2. The number of carbonyl (C=O) groups is 2. The van der Waals surface area contributed by atoms with Crippen LogP contribution >= 0.6 is 0 Å². The number of likely N-dealkylation sites (N-methyl/N-ethyl adjacent to an activating group) is 1. The van der Waals surface area contributed by atoms with Gasteiger partial charge in [0.25, 0.3) is 5.91 Å². The molecule has 0 spiro atoms. The van der Waals surface area contributed by atoms with Gasteiger partial charge in [-0.1, -0.05) is 38.8 Å². The molecule has 1 aromatic heterocycles. The predicted molar refractivity (Wildman–Crippen MR) is 148 cm³/mol. The summed E-state index contributed by atoms with van der Waals surface area (Å²) in [5.74, 6) is 0.0428. The van der Waals surface area contributed by atoms with Gasteiger partial charge >= 0.3 is 0 Å². The van der Waals surface area contributed by atoms with Gasteiger partial charge in [0.15, 0.2) is 0 Å². The van der Waals surface area contributed by atoms with E-state index in [-0.39, 0.29) is 11.8 Å². The highest BCUT2D eigenvalue weighted by Crippen LogP contribution is 2.45. The molecule has 36 heavy (non-hydrogen) atoms. The van der Waals surface area contributed by atoms with Gasteiger partial charge in [-0.3, -0.25) is 19.4 Å². The smallest absolute Gasteiger partial charge is 0.277 e. The number of carbonyl (C=O) groups excluding carboxylic acids is 2. The maximum absolute atomic E-state index is 14.2. The molecule has 2 amide bonds. The summed E-state index contributed by atoms with van der Waals surface area (Å²) in [6.07, 6.45) is 5.00. The zero-order valence-corrected chi connectivity index (χ0v) is 22.8. The van der Waals surface area contributed by atoms with Crippen molar-refractivity contribution >= 4 is 28.9 Å². The summed E-state index contributed by atoms with van der Waals surface area (Å²) in [7, 11) is 2.13. The van der Waals surface area contributed by atoms with Gasteiger partial charge in [-0.05, 0) is 57.9 Å². The molecule has 0 radical (unpaired) electrons. The fraction of sp³-hybridized carbons (Fsp3) is 0.586. The molecule has 0 aliphatic carbocycles. The summed E-state index contributed by atoms with van der Waals surface area (Å²) >= 11 is 0. The molecular weight excluding hydrogens is 450 g/mol. The van der Waals surface area contributed by atoms with Gasteiger partial charge in [-0.2, -0.15) is 0 Å². The highest BCUT2D eigenvalue weighted by Gasteiger charge is 2.39. The molecular formula is C29H43N5O2. The molecule has 3 heterocycles. The second-order valence-corrected chi connectivity index (χ2v) is 10.2. The van der Waals surface area contributed by atoms with E-state index in [1.807, 2.05) is 41.0 Å². The highest BCUT2D eigenvalue weighted by atomic mass is 16.2. The molecule has 1 aromatic carbocycles. The second kappa shape index (κ2) is 11.6. The van der Waals surface area contributed by atoms with Crippen LogP contribution in [-0.4, -0.2) is 72.5 Å². The van der Waals surface area contributed by atoms with Crippen LogP contribution in [0.25, 0.3) is 0 Å². The average Bonchev–Trinajstić information content (AvgIpc) is 3.08. The molecule has 0 atom stereocenters. The standard InChI is InChI=1S/C29H43N5O2/c1-6-9-13-23-22(4)33(16-10-7-2)28-27(23)34(26(35)21-31-19-17-30(5)18-20-31)25-15-12-11-14-24(25)32(8-3)29(28)36/h11-12,14-15H,6-10,13,16-21H2,1-5H3. The topological polar surface area (TPSA) is 52.0 Å². The van der Waals surface area contributed by atoms with E-state index in [9.17, 15) is 9.59 Å². The Morgan fingerprint density at radius 1 is 0.944 bits per heavy atom. The molecule has 0 saturated carbocycles. The Hall–Kier alpha value is -2.64. The van der Waals surface area contributed by atoms with Crippen molar-refractivity contribution in [2.45, 2.75) is 66.3 Å². The number of aromatic nitrogens is 1. The molecule has 7 heteroatoms. The SMILES string of the molecule is CCCCc1c2c(n(CCCC)c1C)C(=O)N(CC)c1ccccc1N2C(=O)CN1CCN(C)CC1. The number of para-hydroxylation sites is 2. The molecule has 2 aromatic rings. The van der Waals surface area contributed by atoms with Gasteiger partial charge in [0.1, 0.15) is 5.69 Å². The van der Waals surface area contributed by atoms with Crippen LogP contribution < -0.4 is 9.80 Å². The monoisotopic (exact) mass is 493 g/mol. The van der Waals surface area contributed by atoms with Crippen LogP contribution in [-0.2, 0) is 17.8 Å². The molecule has 1 saturated heterocycles. The van der Waals surface area contributed by atoms with Crippen molar-refractivity contribution in [2.24, 2.45) is 0 Å². The van der Waals surface area contributed by atoms with Gasteiger partial charge < -0.3 is 14.4 Å². The van der Waals surface area contributed by atoms with Crippen molar-refractivity contribution in [1.29, 1.82) is 0 Å². The van der Waals surface area contributed by atoms with E-state index in [2.05, 4.69) is 42.2 Å². The second-order valence-electron chi connectivity index (χ2n) is 10.2. The number of anilines is 3. The van der Waals surface area contributed by atoms with Gasteiger partial charge in [0.2, 0.25) is 5.91 Å². The Labute approximate surface area is 216 Å². The lowest BCUT2D eigenvalue weighted by molar-refractivity contribution is -0.119. The molecule has 2 aliphatic heterocycles. The number of benzene rings is 1. The Bertz CT molecular complexity index is 1080. The Balaban J connectivity index is 1.90. The quantitative estimate of drug-likeness (QED) is 0.502. The van der Waals surface area contributed by atoms with Crippen LogP contribution in [0.2, 0.25) is 0 Å². The number of hydrogen-bond acceptors (Lipinski definition) is 4. The number of piperazine rings is 1. The summed E-state index contributed by atoms with van der Waals surface area (Å²) in [5, 5.41) is 0. The van der Waals surface area contributed by atoms with E-state index in [0.717, 1.165) is 93.1 Å². The summed E-state index contributed by atoms with van der Waals surface area (Å²) in [5.41, 5.74) is 5.41. The summed E-state index contributed by atoms with van der Waals surface area (Å²) in [6.45, 7) is 13.9. The minimum atomic E-state index is -0.00296. The Kier molecular flexibility index (Phi) is 8.52. The minimum absolute atomic E-state index is 0.00296. The minimum Gasteiger partial charge on any atom is -0.339 e. The maximum Gasteiger partial charge on any atom is 0.277 e. The average molecular weight is 494 g/mol. The summed E-state index contributed by atoms with van der Waals surface area (Å²) in [6, 6.07) is 7.92. The van der Waals surface area contributed by atoms with Crippen LogP contribution in [0.3, 0.4) is 0 Å². The van der Waals surface area contributed by atoms with E-state index < -0.39 is 0 Å². The Morgan fingerprint density at radius 3 is 2.25 bits per heavy atom. The fourth-order valence-corrected chi connectivity index (χ4v) is 5.56. The highest BCUT2D eigenvalue weighted by molar-refractivity contribution is 6.19. The zero-order valence-electron chi connectivity index (χ0n) is 22.8. The third-order valence-electron chi connectivity index (χ3n) is 7.74. The molecule has 196 valence electrons. The van der Waals surface area contributed by atoms with Crippen molar-refractivity contribution < 1.29 is 9.59 Å². The van der Waals surface area contributed by atoms with Crippen molar-refractivity contribution in [3.63, 3.8) is 0 Å². The molecule has 0 bridgehead atoms. The van der Waals surface area contributed by atoms with E-state index in [1.54, 1.807) is 0 Å². The normalized spacial score (nSPS) is 16.8.